The Kier molecular flexibility index (Phi) is 20.2. The number of hydrogen-bond donors (Lipinski definition) is 0. The standard InChI is InChI=1S/C21H23N3O.C20H23N3O.C19H21N3O.C18H19N3O.C17H17N3O/c1-14-7-8-18-17-9-10-22-13-19(17)25-21(18)20(14)24-12-11-23(15(24)2)16-5-3-4-6-16;1-13(2)12-22-9-10-23(15(22)4)19-14(3)5-6-17-16-7-8-21-11-18(16)24-20(17)19;1-12(2)21-9-10-22(14(21)4)18-13(3)5-6-16-15-7-8-20-11-17(15)23-19(16)18;1-4-20-9-10-21(13(20)3)17-12(2)5-6-15-14-7-8-19-11-16(14)22-18(15)17;1-11-4-5-14-13-6-7-18-10-15(13)21-17(14)16(11)20-9-8-19(3)12(20)2/h7-13,15-16H,3-6H2,1-2H3;5-11,13,15H,12H2,1-4H3;5-12,14H,1-4H3;5-11,13H,4H2,1-3H3;4-10,12H,1-3H3/t2*15-;14-;13-;12-/m00000/s1. The second kappa shape index (κ2) is 30.8. The maximum absolute atomic E-state index is 6.23. The molecule has 5 aliphatic heterocycles. The monoisotopic (exact) mass is 1530 g/mol. The number of furan rings is 5. The number of rotatable bonds is 10. The van der Waals surface area contributed by atoms with E-state index in [2.05, 4.69) is 307 Å². The van der Waals surface area contributed by atoms with Crippen LogP contribution in [0.4, 0.5) is 28.4 Å². The van der Waals surface area contributed by atoms with Gasteiger partial charge >= 0.3 is 0 Å². The van der Waals surface area contributed by atoms with Gasteiger partial charge in [-0.1, -0.05) is 87.4 Å². The predicted octanol–water partition coefficient (Wildman–Crippen LogP) is 22.8. The summed E-state index contributed by atoms with van der Waals surface area (Å²) in [7, 11) is 2.08. The molecule has 0 unspecified atom stereocenters. The molecule has 1 saturated carbocycles. The summed E-state index contributed by atoms with van der Waals surface area (Å²) in [6.45, 7) is 35.0. The van der Waals surface area contributed by atoms with Gasteiger partial charge in [-0.25, -0.2) is 0 Å². The van der Waals surface area contributed by atoms with Crippen LogP contribution in [0.5, 0.6) is 0 Å². The molecule has 1 aliphatic carbocycles. The van der Waals surface area contributed by atoms with Gasteiger partial charge in [-0.2, -0.15) is 0 Å². The van der Waals surface area contributed by atoms with Crippen LogP contribution in [0.15, 0.2) is 237 Å². The van der Waals surface area contributed by atoms with Crippen molar-refractivity contribution in [1.82, 2.24) is 49.4 Å². The summed E-state index contributed by atoms with van der Waals surface area (Å²) in [5.74, 6) is 0.631. The van der Waals surface area contributed by atoms with Crippen LogP contribution >= 0.6 is 0 Å². The fraction of sp³-hybridized carbons (Fsp3) is 0.316. The van der Waals surface area contributed by atoms with Crippen molar-refractivity contribution in [1.29, 1.82) is 0 Å². The summed E-state index contributed by atoms with van der Waals surface area (Å²) in [6, 6.07) is 32.9. The first-order valence-electron chi connectivity index (χ1n) is 40.7. The lowest BCUT2D eigenvalue weighted by atomic mass is 10.1. The van der Waals surface area contributed by atoms with Crippen LogP contribution in [0.2, 0.25) is 0 Å². The molecule has 0 bridgehead atoms. The Morgan fingerprint density at radius 2 is 0.643 bits per heavy atom. The van der Waals surface area contributed by atoms with Crippen molar-refractivity contribution in [2.24, 2.45) is 5.92 Å². The number of hydrogen-bond acceptors (Lipinski definition) is 20. The Balaban J connectivity index is 0.000000104. The molecule has 20 heteroatoms. The number of anilines is 5. The van der Waals surface area contributed by atoms with E-state index in [1.54, 1.807) is 24.8 Å². The van der Waals surface area contributed by atoms with E-state index in [0.29, 0.717) is 30.3 Å². The highest BCUT2D eigenvalue weighted by Gasteiger charge is 2.35. The second-order valence-electron chi connectivity index (χ2n) is 32.1. The minimum atomic E-state index is 0.269. The Morgan fingerprint density at radius 1 is 0.339 bits per heavy atom. The fourth-order valence-corrected chi connectivity index (χ4v) is 17.9. The van der Waals surface area contributed by atoms with Crippen LogP contribution in [0.1, 0.15) is 123 Å². The molecule has 0 radical (unpaired) electrons. The molecule has 20 nitrogen and oxygen atoms in total. The van der Waals surface area contributed by atoms with Gasteiger partial charge in [0.25, 0.3) is 0 Å². The van der Waals surface area contributed by atoms with Crippen molar-refractivity contribution in [2.75, 3.05) is 44.6 Å². The third-order valence-corrected chi connectivity index (χ3v) is 24.2. The molecule has 0 N–H and O–H groups in total. The van der Waals surface area contributed by atoms with E-state index in [1.165, 1.54) is 59.2 Å². The molecule has 21 rings (SSSR count). The third kappa shape index (κ3) is 13.4. The lowest BCUT2D eigenvalue weighted by Crippen LogP contribution is -2.41. The summed E-state index contributed by atoms with van der Waals surface area (Å²) < 4.78 is 30.8. The van der Waals surface area contributed by atoms with Crippen LogP contribution in [0.25, 0.3) is 110 Å². The van der Waals surface area contributed by atoms with Crippen molar-refractivity contribution in [3.8, 4) is 0 Å². The maximum Gasteiger partial charge on any atom is 0.159 e. The molecule has 588 valence electrons. The zero-order valence-corrected chi connectivity index (χ0v) is 68.8. The summed E-state index contributed by atoms with van der Waals surface area (Å²) in [5, 5.41) is 11.4. The van der Waals surface area contributed by atoms with Crippen LogP contribution < -0.4 is 24.5 Å². The van der Waals surface area contributed by atoms with Gasteiger partial charge in [0.15, 0.2) is 55.8 Å². The average molecular weight is 1530 g/mol. The van der Waals surface area contributed by atoms with Gasteiger partial charge in [-0.15, -0.1) is 0 Å². The fourth-order valence-electron chi connectivity index (χ4n) is 17.9. The molecule has 10 aromatic heterocycles. The van der Waals surface area contributed by atoms with Crippen LogP contribution in [-0.2, 0) is 0 Å². The smallest absolute Gasteiger partial charge is 0.159 e. The molecule has 0 amide bonds. The first kappa shape index (κ1) is 75.2. The van der Waals surface area contributed by atoms with Gasteiger partial charge < -0.3 is 71.1 Å². The van der Waals surface area contributed by atoms with Gasteiger partial charge in [-0.05, 0) is 167 Å². The molecule has 1 fully saturated rings. The van der Waals surface area contributed by atoms with Gasteiger partial charge in [0, 0.05) is 179 Å². The van der Waals surface area contributed by atoms with E-state index in [4.69, 9.17) is 22.1 Å². The van der Waals surface area contributed by atoms with Crippen LogP contribution in [0.3, 0.4) is 0 Å². The third-order valence-electron chi connectivity index (χ3n) is 24.2. The Labute approximate surface area is 671 Å². The van der Waals surface area contributed by atoms with Gasteiger partial charge in [-0.3, -0.25) is 24.9 Å². The number of nitrogens with zero attached hydrogens (tertiary/aromatic N) is 15. The quantitative estimate of drug-likeness (QED) is 0.127. The van der Waals surface area contributed by atoms with E-state index in [1.807, 2.05) is 67.5 Å². The highest BCUT2D eigenvalue weighted by Crippen LogP contribution is 2.46. The molecule has 115 heavy (non-hydrogen) atoms. The molecule has 6 aliphatic rings. The maximum atomic E-state index is 6.23. The molecular weight excluding hydrogens is 1430 g/mol. The van der Waals surface area contributed by atoms with Crippen LogP contribution in [-0.4, -0.2) is 112 Å². The molecule has 0 saturated heterocycles. The lowest BCUT2D eigenvalue weighted by Gasteiger charge is -2.34. The number of pyridine rings is 5. The van der Waals surface area contributed by atoms with Crippen molar-refractivity contribution >= 4 is 138 Å². The largest absolute Gasteiger partial charge is 0.452 e. The number of aromatic nitrogens is 5. The molecule has 5 atom stereocenters. The summed E-state index contributed by atoms with van der Waals surface area (Å²) in [5.41, 5.74) is 20.8. The van der Waals surface area contributed by atoms with E-state index < -0.39 is 0 Å². The summed E-state index contributed by atoms with van der Waals surface area (Å²) in [4.78, 5) is 44.2. The first-order chi connectivity index (χ1) is 55.7. The molecule has 15 aromatic rings. The molecule has 5 aromatic carbocycles. The minimum Gasteiger partial charge on any atom is -0.452 e. The highest BCUT2D eigenvalue weighted by atomic mass is 16.3. The van der Waals surface area contributed by atoms with Crippen LogP contribution in [0, 0.1) is 40.5 Å². The normalized spacial score (nSPS) is 18.7. The van der Waals surface area contributed by atoms with Crippen molar-refractivity contribution < 1.29 is 22.1 Å². The lowest BCUT2D eigenvalue weighted by molar-refractivity contribution is 0.237. The zero-order valence-electron chi connectivity index (χ0n) is 68.8. The van der Waals surface area contributed by atoms with Crippen molar-refractivity contribution in [3.63, 3.8) is 0 Å². The first-order valence-corrected chi connectivity index (χ1v) is 40.7. The Hall–Kier alpha value is -12.5. The number of benzene rings is 5. The SMILES string of the molecule is CCN1C=CN(c2c(C)ccc3c2oc2cnccc23)[C@H]1C.Cc1ccc2c(oc3cnccc32)c1N1C=CN(C(C)C)[C@@H]1C.Cc1ccc2c(oc3cnccc32)c1N1C=CN(C)[C@@H]1C.Cc1ccc2c(oc3cnccc32)c1N1C=CN(C2CCCC2)[C@@H]1C.Cc1ccc2c(oc3cnccc32)c1N1C=CN(CC(C)C)[C@@H]1C. The highest BCUT2D eigenvalue weighted by molar-refractivity contribution is 6.13. The second-order valence-corrected chi connectivity index (χ2v) is 32.1. The van der Waals surface area contributed by atoms with Gasteiger partial charge in [0.1, 0.15) is 30.8 Å². The van der Waals surface area contributed by atoms with E-state index >= 15 is 0 Å². The van der Waals surface area contributed by atoms with E-state index in [9.17, 15) is 0 Å². The zero-order chi connectivity index (χ0) is 79.8. The Morgan fingerprint density at radius 3 is 0.957 bits per heavy atom. The van der Waals surface area contributed by atoms with E-state index in [-0.39, 0.29) is 18.5 Å². The average Bonchev–Trinajstić information content (AvgIpc) is 1.63. The topological polar surface area (TPSA) is 163 Å². The number of fused-ring (bicyclic) bond motifs is 15. The summed E-state index contributed by atoms with van der Waals surface area (Å²) >= 11 is 0. The van der Waals surface area contributed by atoms with Gasteiger partial charge in [0.2, 0.25) is 0 Å². The van der Waals surface area contributed by atoms with E-state index in [0.717, 1.165) is 146 Å². The molecule has 15 heterocycles. The number of aryl methyl sites for hydroxylation is 5. The minimum absolute atomic E-state index is 0.269. The van der Waals surface area contributed by atoms with Crippen molar-refractivity contribution in [2.45, 2.75) is 172 Å². The molecule has 0 spiro atoms. The predicted molar refractivity (Wildman–Crippen MR) is 469 cm³/mol. The van der Waals surface area contributed by atoms with Crippen molar-refractivity contribution in [3.05, 3.63) is 243 Å². The summed E-state index contributed by atoms with van der Waals surface area (Å²) in [6.07, 6.45) is 46.5. The van der Waals surface area contributed by atoms with Gasteiger partial charge in [0.05, 0.1) is 59.4 Å². The molecular formula is C95H103N15O5. The Bertz CT molecular complexity index is 6310.